The maximum absolute atomic E-state index is 12.0. The smallest absolute Gasteiger partial charge is 0.277 e. The maximum atomic E-state index is 12.0. The summed E-state index contributed by atoms with van der Waals surface area (Å²) in [6, 6.07) is 2.90. The van der Waals surface area contributed by atoms with Crippen LogP contribution in [0.3, 0.4) is 0 Å². The molecule has 0 bridgehead atoms. The van der Waals surface area contributed by atoms with E-state index in [1.807, 2.05) is 6.92 Å². The van der Waals surface area contributed by atoms with Crippen LogP contribution >= 0.6 is 11.5 Å². The molecule has 0 aliphatic heterocycles. The van der Waals surface area contributed by atoms with Crippen LogP contribution < -0.4 is 10.5 Å². The molecular formula is C12H14N4O3S2. The molecule has 0 atom stereocenters. The number of hydrogen-bond acceptors (Lipinski definition) is 6. The van der Waals surface area contributed by atoms with Crippen molar-refractivity contribution in [2.75, 3.05) is 5.32 Å². The lowest BCUT2D eigenvalue weighted by molar-refractivity contribution is 0.102. The van der Waals surface area contributed by atoms with Crippen LogP contribution in [0.5, 0.6) is 0 Å². The summed E-state index contributed by atoms with van der Waals surface area (Å²) in [5, 5.41) is 13.1. The standard InChI is InChI=1S/C12H14N4O3S2/c1-3-8-5-9(21(13,18)19)4-7(2)11(8)14-12(17)10-6-20-16-15-10/h4-6H,3H2,1-2H3,(H,14,17)(H2,13,18,19). The highest BCUT2D eigenvalue weighted by molar-refractivity contribution is 7.89. The Hall–Kier alpha value is -1.84. The predicted molar refractivity (Wildman–Crippen MR) is 79.8 cm³/mol. The lowest BCUT2D eigenvalue weighted by Gasteiger charge is -2.14. The van der Waals surface area contributed by atoms with Gasteiger partial charge in [-0.3, -0.25) is 4.79 Å². The lowest BCUT2D eigenvalue weighted by Crippen LogP contribution is -2.17. The van der Waals surface area contributed by atoms with Gasteiger partial charge < -0.3 is 5.32 Å². The van der Waals surface area contributed by atoms with Crippen molar-refractivity contribution >= 4 is 33.2 Å². The van der Waals surface area contributed by atoms with Crippen molar-refractivity contribution in [1.29, 1.82) is 0 Å². The number of benzene rings is 1. The minimum Gasteiger partial charge on any atom is -0.320 e. The van der Waals surface area contributed by atoms with Crippen molar-refractivity contribution in [2.45, 2.75) is 25.2 Å². The molecule has 2 rings (SSSR count). The number of sulfonamides is 1. The Morgan fingerprint density at radius 2 is 2.14 bits per heavy atom. The molecule has 0 spiro atoms. The number of rotatable bonds is 4. The molecule has 21 heavy (non-hydrogen) atoms. The SMILES string of the molecule is CCc1cc(S(N)(=O)=O)cc(C)c1NC(=O)c1csnn1. The minimum atomic E-state index is -3.78. The molecule has 1 aromatic heterocycles. The fraction of sp³-hybridized carbons (Fsp3) is 0.250. The molecule has 0 aliphatic carbocycles. The van der Waals surface area contributed by atoms with Crippen LogP contribution in [0.15, 0.2) is 22.4 Å². The number of primary sulfonamides is 1. The molecule has 0 unspecified atom stereocenters. The number of amides is 1. The van der Waals surface area contributed by atoms with E-state index >= 15 is 0 Å². The number of carbonyl (C=O) groups is 1. The second-order valence-corrected chi connectivity index (χ2v) is 6.59. The second kappa shape index (κ2) is 5.88. The zero-order chi connectivity index (χ0) is 15.6. The normalized spacial score (nSPS) is 11.4. The number of aromatic nitrogens is 2. The number of carbonyl (C=O) groups excluding carboxylic acids is 1. The highest BCUT2D eigenvalue weighted by atomic mass is 32.2. The van der Waals surface area contributed by atoms with Crippen LogP contribution in [0.25, 0.3) is 0 Å². The molecule has 0 saturated carbocycles. The molecule has 112 valence electrons. The molecule has 2 aromatic rings. The first kappa shape index (κ1) is 15.5. The van der Waals surface area contributed by atoms with Gasteiger partial charge in [0, 0.05) is 11.1 Å². The van der Waals surface area contributed by atoms with Gasteiger partial charge in [0.25, 0.3) is 5.91 Å². The maximum Gasteiger partial charge on any atom is 0.277 e. The first-order valence-corrected chi connectivity index (χ1v) is 8.46. The summed E-state index contributed by atoms with van der Waals surface area (Å²) in [5.74, 6) is -0.384. The van der Waals surface area contributed by atoms with Gasteiger partial charge in [0.2, 0.25) is 10.0 Å². The monoisotopic (exact) mass is 326 g/mol. The first-order chi connectivity index (χ1) is 9.82. The molecule has 0 radical (unpaired) electrons. The van der Waals surface area contributed by atoms with Crippen molar-refractivity contribution in [1.82, 2.24) is 9.59 Å². The first-order valence-electron chi connectivity index (χ1n) is 6.07. The summed E-state index contributed by atoms with van der Waals surface area (Å²) in [6.07, 6.45) is 0.551. The predicted octanol–water partition coefficient (Wildman–Crippen LogP) is 1.31. The fourth-order valence-corrected chi connectivity index (χ4v) is 2.97. The summed E-state index contributed by atoms with van der Waals surface area (Å²) in [7, 11) is -3.78. The number of aryl methyl sites for hydroxylation is 2. The van der Waals surface area contributed by atoms with Gasteiger partial charge in [-0.2, -0.15) is 0 Å². The van der Waals surface area contributed by atoms with E-state index < -0.39 is 10.0 Å². The highest BCUT2D eigenvalue weighted by Gasteiger charge is 2.17. The summed E-state index contributed by atoms with van der Waals surface area (Å²) < 4.78 is 26.5. The Kier molecular flexibility index (Phi) is 4.35. The van der Waals surface area contributed by atoms with Gasteiger partial charge in [-0.15, -0.1) is 5.10 Å². The zero-order valence-corrected chi connectivity index (χ0v) is 13.1. The Balaban J connectivity index is 2.42. The molecule has 1 heterocycles. The fourth-order valence-electron chi connectivity index (χ4n) is 1.89. The van der Waals surface area contributed by atoms with Crippen LogP contribution in [0.1, 0.15) is 28.5 Å². The molecule has 3 N–H and O–H groups in total. The molecule has 0 aliphatic rings. The van der Waals surface area contributed by atoms with Crippen molar-refractivity contribution in [2.24, 2.45) is 5.14 Å². The Labute approximate surface area is 126 Å². The molecule has 1 amide bonds. The highest BCUT2D eigenvalue weighted by Crippen LogP contribution is 2.26. The molecule has 1 aromatic carbocycles. The summed E-state index contributed by atoms with van der Waals surface area (Å²) >= 11 is 1.08. The van der Waals surface area contributed by atoms with Crippen LogP contribution in [0.4, 0.5) is 5.69 Å². The van der Waals surface area contributed by atoms with Gasteiger partial charge >= 0.3 is 0 Å². The topological polar surface area (TPSA) is 115 Å². The van der Waals surface area contributed by atoms with Gasteiger partial charge in [0.15, 0.2) is 5.69 Å². The number of nitrogens with one attached hydrogen (secondary N) is 1. The van der Waals surface area contributed by atoms with E-state index in [1.54, 1.807) is 6.92 Å². The van der Waals surface area contributed by atoms with Crippen LogP contribution in [0, 0.1) is 6.92 Å². The number of nitrogens with zero attached hydrogens (tertiary/aromatic N) is 2. The van der Waals surface area contributed by atoms with Gasteiger partial charge in [-0.05, 0) is 48.1 Å². The summed E-state index contributed by atoms with van der Waals surface area (Å²) in [4.78, 5) is 12.1. The lowest BCUT2D eigenvalue weighted by atomic mass is 10.1. The average molecular weight is 326 g/mol. The van der Waals surface area contributed by atoms with Gasteiger partial charge in [-0.1, -0.05) is 11.4 Å². The van der Waals surface area contributed by atoms with E-state index in [0.29, 0.717) is 23.2 Å². The molecular weight excluding hydrogens is 312 g/mol. The van der Waals surface area contributed by atoms with E-state index in [2.05, 4.69) is 14.9 Å². The van der Waals surface area contributed by atoms with Crippen LogP contribution in [-0.2, 0) is 16.4 Å². The largest absolute Gasteiger partial charge is 0.320 e. The third kappa shape index (κ3) is 3.43. The second-order valence-electron chi connectivity index (χ2n) is 4.42. The van der Waals surface area contributed by atoms with Crippen LogP contribution in [-0.4, -0.2) is 23.9 Å². The quantitative estimate of drug-likeness (QED) is 0.879. The van der Waals surface area contributed by atoms with Crippen molar-refractivity contribution in [3.05, 3.63) is 34.3 Å². The van der Waals surface area contributed by atoms with E-state index in [9.17, 15) is 13.2 Å². The molecule has 0 saturated heterocycles. The van der Waals surface area contributed by atoms with Crippen molar-refractivity contribution in [3.63, 3.8) is 0 Å². The van der Waals surface area contributed by atoms with Gasteiger partial charge in [0.1, 0.15) is 0 Å². The van der Waals surface area contributed by atoms with Gasteiger partial charge in [0.05, 0.1) is 4.90 Å². The number of anilines is 1. The van der Waals surface area contributed by atoms with E-state index in [-0.39, 0.29) is 16.5 Å². The van der Waals surface area contributed by atoms with Crippen LogP contribution in [0.2, 0.25) is 0 Å². The Morgan fingerprint density at radius 3 is 2.67 bits per heavy atom. The number of hydrogen-bond donors (Lipinski definition) is 2. The third-order valence-electron chi connectivity index (χ3n) is 2.93. The number of nitrogens with two attached hydrogens (primary N) is 1. The van der Waals surface area contributed by atoms with Gasteiger partial charge in [-0.25, -0.2) is 13.6 Å². The Bertz CT molecular complexity index is 770. The van der Waals surface area contributed by atoms with E-state index in [1.165, 1.54) is 17.5 Å². The average Bonchev–Trinajstić information content (AvgIpc) is 2.93. The molecule has 9 heteroatoms. The van der Waals surface area contributed by atoms with E-state index in [0.717, 1.165) is 11.5 Å². The molecule has 0 fully saturated rings. The zero-order valence-electron chi connectivity index (χ0n) is 11.5. The van der Waals surface area contributed by atoms with Crippen molar-refractivity contribution in [3.8, 4) is 0 Å². The summed E-state index contributed by atoms with van der Waals surface area (Å²) in [5.41, 5.74) is 2.10. The third-order valence-corrected chi connectivity index (χ3v) is 4.33. The summed E-state index contributed by atoms with van der Waals surface area (Å²) in [6.45, 7) is 3.57. The van der Waals surface area contributed by atoms with Crippen molar-refractivity contribution < 1.29 is 13.2 Å². The minimum absolute atomic E-state index is 0.0326. The Morgan fingerprint density at radius 1 is 1.43 bits per heavy atom. The van der Waals surface area contributed by atoms with E-state index in [4.69, 9.17) is 5.14 Å². The molecule has 7 nitrogen and oxygen atoms in total.